The SMILES string of the molecule is CC.CC.CC.CC.CC(c1ccccc1)(c1ccccc1)C(F)(F)F. The molecule has 0 spiro atoms. The van der Waals surface area contributed by atoms with E-state index >= 15 is 0 Å². The number of halogens is 3. The van der Waals surface area contributed by atoms with Gasteiger partial charge in [-0.25, -0.2) is 0 Å². The van der Waals surface area contributed by atoms with E-state index in [0.717, 1.165) is 0 Å². The van der Waals surface area contributed by atoms with Crippen LogP contribution in [0.5, 0.6) is 0 Å². The van der Waals surface area contributed by atoms with Crippen LogP contribution in [0.25, 0.3) is 0 Å². The van der Waals surface area contributed by atoms with E-state index in [1.54, 1.807) is 36.4 Å². The second-order valence-corrected chi connectivity index (χ2v) is 4.35. The molecule has 0 radical (unpaired) electrons. The average Bonchev–Trinajstić information content (AvgIpc) is 2.74. The van der Waals surface area contributed by atoms with Gasteiger partial charge >= 0.3 is 6.18 Å². The highest BCUT2D eigenvalue weighted by Gasteiger charge is 2.53. The van der Waals surface area contributed by atoms with Gasteiger partial charge in [-0.1, -0.05) is 116 Å². The lowest BCUT2D eigenvalue weighted by molar-refractivity contribution is -0.173. The molecule has 2 rings (SSSR count). The maximum atomic E-state index is 13.5. The molecule has 0 aromatic heterocycles. The fourth-order valence-corrected chi connectivity index (χ4v) is 2.04. The second kappa shape index (κ2) is 16.7. The van der Waals surface area contributed by atoms with Crippen LogP contribution < -0.4 is 0 Å². The Morgan fingerprint density at radius 1 is 0.500 bits per heavy atom. The summed E-state index contributed by atoms with van der Waals surface area (Å²) in [5.41, 5.74) is -1.47. The zero-order valence-corrected chi connectivity index (χ0v) is 17.9. The second-order valence-electron chi connectivity index (χ2n) is 4.35. The zero-order chi connectivity index (χ0) is 21.2. The van der Waals surface area contributed by atoms with E-state index in [0.29, 0.717) is 0 Å². The summed E-state index contributed by atoms with van der Waals surface area (Å²) in [7, 11) is 0. The Hall–Kier alpha value is -1.77. The van der Waals surface area contributed by atoms with Gasteiger partial charge in [0.05, 0.1) is 0 Å². The Morgan fingerprint density at radius 2 is 0.731 bits per heavy atom. The van der Waals surface area contributed by atoms with Gasteiger partial charge in [0.15, 0.2) is 0 Å². The molecular weight excluding hydrogens is 333 g/mol. The van der Waals surface area contributed by atoms with Crippen molar-refractivity contribution in [3.05, 3.63) is 71.8 Å². The molecule has 0 saturated heterocycles. The van der Waals surface area contributed by atoms with Crippen LogP contribution in [-0.4, -0.2) is 6.18 Å². The fourth-order valence-electron chi connectivity index (χ4n) is 2.04. The van der Waals surface area contributed by atoms with E-state index in [9.17, 15) is 13.2 Å². The lowest BCUT2D eigenvalue weighted by atomic mass is 9.75. The molecule has 0 aliphatic heterocycles. The summed E-state index contributed by atoms with van der Waals surface area (Å²) in [6.45, 7) is 17.2. The van der Waals surface area contributed by atoms with Gasteiger partial charge in [-0.15, -0.1) is 0 Å². The molecule has 26 heavy (non-hydrogen) atoms. The average molecular weight is 371 g/mol. The first kappa shape index (κ1) is 29.0. The van der Waals surface area contributed by atoms with Crippen LogP contribution in [0.15, 0.2) is 60.7 Å². The van der Waals surface area contributed by atoms with Crippen LogP contribution in [0.1, 0.15) is 73.4 Å². The molecule has 150 valence electrons. The first-order valence-electron chi connectivity index (χ1n) is 9.64. The van der Waals surface area contributed by atoms with E-state index in [1.165, 1.54) is 31.2 Å². The predicted octanol–water partition coefficient (Wildman–Crippen LogP) is 8.66. The number of hydrogen-bond acceptors (Lipinski definition) is 0. The number of rotatable bonds is 2. The lowest BCUT2D eigenvalue weighted by Gasteiger charge is -2.33. The van der Waals surface area contributed by atoms with Crippen LogP contribution >= 0.6 is 0 Å². The third-order valence-corrected chi connectivity index (χ3v) is 3.27. The zero-order valence-electron chi connectivity index (χ0n) is 17.9. The van der Waals surface area contributed by atoms with Crippen molar-refractivity contribution in [2.45, 2.75) is 73.9 Å². The van der Waals surface area contributed by atoms with E-state index in [4.69, 9.17) is 0 Å². The summed E-state index contributed by atoms with van der Waals surface area (Å²) in [6.07, 6.45) is -4.34. The van der Waals surface area contributed by atoms with Crippen LogP contribution in [-0.2, 0) is 5.41 Å². The Balaban J connectivity index is -0.000000585. The molecule has 0 amide bonds. The van der Waals surface area contributed by atoms with E-state index < -0.39 is 11.6 Å². The van der Waals surface area contributed by atoms with Gasteiger partial charge in [0.25, 0.3) is 0 Å². The summed E-state index contributed by atoms with van der Waals surface area (Å²) < 4.78 is 40.4. The molecule has 2 aromatic carbocycles. The Morgan fingerprint density at radius 3 is 0.923 bits per heavy atom. The molecule has 0 bridgehead atoms. The van der Waals surface area contributed by atoms with Crippen molar-refractivity contribution in [2.24, 2.45) is 0 Å². The largest absolute Gasteiger partial charge is 0.402 e. The van der Waals surface area contributed by atoms with Crippen molar-refractivity contribution in [3.8, 4) is 0 Å². The molecule has 3 heteroatoms. The van der Waals surface area contributed by atoms with Gasteiger partial charge in [0, 0.05) is 0 Å². The molecule has 0 N–H and O–H groups in total. The topological polar surface area (TPSA) is 0 Å². The number of benzene rings is 2. The molecule has 0 fully saturated rings. The quantitative estimate of drug-likeness (QED) is 0.496. The predicted molar refractivity (Wildman–Crippen MR) is 111 cm³/mol. The van der Waals surface area contributed by atoms with E-state index in [2.05, 4.69) is 0 Å². The summed E-state index contributed by atoms with van der Waals surface area (Å²) in [5, 5.41) is 0. The molecular formula is C23H37F3. The van der Waals surface area contributed by atoms with Crippen molar-refractivity contribution in [1.82, 2.24) is 0 Å². The normalized spacial score (nSPS) is 9.54. The number of hydrogen-bond donors (Lipinski definition) is 0. The summed E-state index contributed by atoms with van der Waals surface area (Å²) >= 11 is 0. The first-order valence-corrected chi connectivity index (χ1v) is 9.64. The minimum absolute atomic E-state index is 0.253. The van der Waals surface area contributed by atoms with Crippen molar-refractivity contribution >= 4 is 0 Å². The highest BCUT2D eigenvalue weighted by atomic mass is 19.4. The first-order chi connectivity index (χ1) is 12.5. The van der Waals surface area contributed by atoms with Crippen molar-refractivity contribution in [3.63, 3.8) is 0 Å². The van der Waals surface area contributed by atoms with Crippen LogP contribution in [0.3, 0.4) is 0 Å². The standard InChI is InChI=1S/C15H13F3.4C2H6/c1-14(15(16,17)18,12-8-4-2-5-9-12)13-10-6-3-7-11-13;4*1-2/h2-11H,1H3;4*1-2H3. The van der Waals surface area contributed by atoms with Gasteiger partial charge < -0.3 is 0 Å². The smallest absolute Gasteiger partial charge is 0.170 e. The van der Waals surface area contributed by atoms with E-state index in [-0.39, 0.29) is 11.1 Å². The Labute approximate surface area is 159 Å². The van der Waals surface area contributed by atoms with Crippen LogP contribution in [0, 0.1) is 0 Å². The molecule has 0 atom stereocenters. The van der Waals surface area contributed by atoms with Gasteiger partial charge in [-0.2, -0.15) is 13.2 Å². The van der Waals surface area contributed by atoms with Crippen LogP contribution in [0.4, 0.5) is 13.2 Å². The molecule has 2 aromatic rings. The highest BCUT2D eigenvalue weighted by molar-refractivity contribution is 5.40. The Bertz CT molecular complexity index is 462. The minimum Gasteiger partial charge on any atom is -0.170 e. The maximum Gasteiger partial charge on any atom is 0.402 e. The molecule has 0 aliphatic rings. The fraction of sp³-hybridized carbons (Fsp3) is 0.478. The molecule has 0 nitrogen and oxygen atoms in total. The van der Waals surface area contributed by atoms with Crippen molar-refractivity contribution < 1.29 is 13.2 Å². The molecule has 0 heterocycles. The molecule has 0 saturated carbocycles. The molecule has 0 aliphatic carbocycles. The summed E-state index contributed by atoms with van der Waals surface area (Å²) in [6, 6.07) is 16.0. The number of alkyl halides is 3. The van der Waals surface area contributed by atoms with Gasteiger partial charge in [0.2, 0.25) is 0 Å². The maximum absolute atomic E-state index is 13.5. The van der Waals surface area contributed by atoms with Gasteiger partial charge in [0.1, 0.15) is 5.41 Å². The minimum atomic E-state index is -4.34. The third kappa shape index (κ3) is 8.07. The highest BCUT2D eigenvalue weighted by Crippen LogP contribution is 2.45. The van der Waals surface area contributed by atoms with Gasteiger partial charge in [-0.3, -0.25) is 0 Å². The summed E-state index contributed by atoms with van der Waals surface area (Å²) in [5.74, 6) is 0. The van der Waals surface area contributed by atoms with E-state index in [1.807, 2.05) is 55.4 Å². The Kier molecular flexibility index (Phi) is 18.6. The van der Waals surface area contributed by atoms with Crippen LogP contribution in [0.2, 0.25) is 0 Å². The van der Waals surface area contributed by atoms with Crippen molar-refractivity contribution in [2.75, 3.05) is 0 Å². The lowest BCUT2D eigenvalue weighted by Crippen LogP contribution is -2.40. The van der Waals surface area contributed by atoms with Crippen molar-refractivity contribution in [1.29, 1.82) is 0 Å². The summed E-state index contributed by atoms with van der Waals surface area (Å²) in [4.78, 5) is 0. The monoisotopic (exact) mass is 370 g/mol. The third-order valence-electron chi connectivity index (χ3n) is 3.27. The molecule has 0 unspecified atom stereocenters. The van der Waals surface area contributed by atoms with Gasteiger partial charge in [-0.05, 0) is 18.1 Å².